The van der Waals surface area contributed by atoms with Gasteiger partial charge >= 0.3 is 0 Å². The van der Waals surface area contributed by atoms with E-state index in [4.69, 9.17) is 15.2 Å². The van der Waals surface area contributed by atoms with E-state index in [2.05, 4.69) is 17.0 Å². The van der Waals surface area contributed by atoms with Gasteiger partial charge in [0.25, 0.3) is 0 Å². The van der Waals surface area contributed by atoms with E-state index in [1.54, 1.807) is 7.11 Å². The second-order valence-corrected chi connectivity index (χ2v) is 5.25. The predicted molar refractivity (Wildman–Crippen MR) is 82.5 cm³/mol. The Morgan fingerprint density at radius 3 is 3.00 bits per heavy atom. The molecule has 4 heteroatoms. The van der Waals surface area contributed by atoms with Gasteiger partial charge in [-0.15, -0.1) is 0 Å². The Balaban J connectivity index is 1.97. The first-order valence-electron chi connectivity index (χ1n) is 7.54. The van der Waals surface area contributed by atoms with Gasteiger partial charge in [0.15, 0.2) is 0 Å². The van der Waals surface area contributed by atoms with E-state index in [0.717, 1.165) is 44.8 Å². The van der Waals surface area contributed by atoms with Crippen molar-refractivity contribution < 1.29 is 9.47 Å². The molecular weight excluding hydrogens is 252 g/mol. The zero-order chi connectivity index (χ0) is 14.2. The first-order valence-corrected chi connectivity index (χ1v) is 7.54. The second kappa shape index (κ2) is 8.12. The summed E-state index contributed by atoms with van der Waals surface area (Å²) in [5.74, 6) is 0.900. The van der Waals surface area contributed by atoms with E-state index in [0.29, 0.717) is 6.10 Å². The Bertz CT molecular complexity index is 392. The van der Waals surface area contributed by atoms with Crippen molar-refractivity contribution in [3.8, 4) is 5.75 Å². The molecule has 1 aliphatic rings. The summed E-state index contributed by atoms with van der Waals surface area (Å²) in [5.41, 5.74) is 6.86. The van der Waals surface area contributed by atoms with Gasteiger partial charge in [-0.1, -0.05) is 6.07 Å². The smallest absolute Gasteiger partial charge is 0.120 e. The van der Waals surface area contributed by atoms with Crippen molar-refractivity contribution in [3.05, 3.63) is 24.3 Å². The molecule has 0 radical (unpaired) electrons. The van der Waals surface area contributed by atoms with E-state index in [-0.39, 0.29) is 0 Å². The predicted octanol–water partition coefficient (Wildman–Crippen LogP) is 2.42. The van der Waals surface area contributed by atoms with E-state index in [1.165, 1.54) is 18.5 Å². The van der Waals surface area contributed by atoms with Crippen LogP contribution >= 0.6 is 0 Å². The molecule has 1 aromatic carbocycles. The number of ether oxygens (including phenoxy) is 2. The molecule has 0 aromatic heterocycles. The summed E-state index contributed by atoms with van der Waals surface area (Å²) >= 11 is 0. The van der Waals surface area contributed by atoms with Crippen LogP contribution in [0, 0.1) is 0 Å². The fraction of sp³-hybridized carbons (Fsp3) is 0.625. The van der Waals surface area contributed by atoms with Gasteiger partial charge in [0, 0.05) is 31.5 Å². The van der Waals surface area contributed by atoms with Crippen molar-refractivity contribution in [1.29, 1.82) is 0 Å². The minimum atomic E-state index is 0.431. The standard InChI is InChI=1S/C16H26N2O2/c1-19-16-6-2-5-14(13-16)18(10-4-9-17)11-8-15-7-3-12-20-15/h2,5-6,13,15H,3-4,7-12,17H2,1H3. The SMILES string of the molecule is COc1cccc(N(CCCN)CCC2CCCO2)c1. The van der Waals surface area contributed by atoms with Gasteiger partial charge in [0.05, 0.1) is 13.2 Å². The van der Waals surface area contributed by atoms with Crippen molar-refractivity contribution in [2.75, 3.05) is 38.3 Å². The molecule has 1 aliphatic heterocycles. The molecule has 0 amide bonds. The summed E-state index contributed by atoms with van der Waals surface area (Å²) in [4.78, 5) is 2.39. The van der Waals surface area contributed by atoms with E-state index >= 15 is 0 Å². The molecular formula is C16H26N2O2. The Hall–Kier alpha value is -1.26. The molecule has 1 fully saturated rings. The number of hydrogen-bond donors (Lipinski definition) is 1. The van der Waals surface area contributed by atoms with Crippen molar-refractivity contribution in [1.82, 2.24) is 0 Å². The molecule has 1 saturated heterocycles. The molecule has 0 saturated carbocycles. The first kappa shape index (κ1) is 15.1. The lowest BCUT2D eigenvalue weighted by Crippen LogP contribution is -2.29. The molecule has 1 atom stereocenters. The van der Waals surface area contributed by atoms with Crippen LogP contribution in [0.1, 0.15) is 25.7 Å². The maximum atomic E-state index is 5.71. The van der Waals surface area contributed by atoms with Crippen LogP contribution in [-0.2, 0) is 4.74 Å². The second-order valence-electron chi connectivity index (χ2n) is 5.25. The average molecular weight is 278 g/mol. The summed E-state index contributed by atoms with van der Waals surface area (Å²) in [6, 6.07) is 8.24. The molecule has 0 aliphatic carbocycles. The van der Waals surface area contributed by atoms with E-state index < -0.39 is 0 Å². The Kier molecular flexibility index (Phi) is 6.15. The lowest BCUT2D eigenvalue weighted by atomic mass is 10.1. The maximum Gasteiger partial charge on any atom is 0.120 e. The molecule has 1 unspecified atom stereocenters. The van der Waals surface area contributed by atoms with Crippen molar-refractivity contribution in [2.24, 2.45) is 5.73 Å². The highest BCUT2D eigenvalue weighted by Gasteiger charge is 2.17. The minimum Gasteiger partial charge on any atom is -0.497 e. The number of rotatable bonds is 8. The molecule has 2 N–H and O–H groups in total. The van der Waals surface area contributed by atoms with Crippen LogP contribution in [0.25, 0.3) is 0 Å². The van der Waals surface area contributed by atoms with Crippen LogP contribution < -0.4 is 15.4 Å². The quantitative estimate of drug-likeness (QED) is 0.793. The number of anilines is 1. The molecule has 1 aromatic rings. The lowest BCUT2D eigenvalue weighted by Gasteiger charge is -2.26. The highest BCUT2D eigenvalue weighted by Crippen LogP contribution is 2.23. The van der Waals surface area contributed by atoms with Gasteiger partial charge in [-0.25, -0.2) is 0 Å². The molecule has 0 spiro atoms. The molecule has 4 nitrogen and oxygen atoms in total. The Labute approximate surface area is 121 Å². The van der Waals surface area contributed by atoms with Gasteiger partial charge in [-0.3, -0.25) is 0 Å². The Morgan fingerprint density at radius 2 is 2.30 bits per heavy atom. The van der Waals surface area contributed by atoms with Crippen molar-refractivity contribution in [2.45, 2.75) is 31.8 Å². The third-order valence-electron chi connectivity index (χ3n) is 3.80. The van der Waals surface area contributed by atoms with Crippen LogP contribution in [0.2, 0.25) is 0 Å². The lowest BCUT2D eigenvalue weighted by molar-refractivity contribution is 0.105. The summed E-state index contributed by atoms with van der Waals surface area (Å²) in [5, 5.41) is 0. The summed E-state index contributed by atoms with van der Waals surface area (Å²) < 4.78 is 11.0. The topological polar surface area (TPSA) is 47.7 Å². The van der Waals surface area contributed by atoms with Crippen LogP contribution in [0.15, 0.2) is 24.3 Å². The van der Waals surface area contributed by atoms with Gasteiger partial charge in [-0.05, 0) is 44.4 Å². The molecule has 2 rings (SSSR count). The zero-order valence-corrected chi connectivity index (χ0v) is 12.4. The molecule has 1 heterocycles. The van der Waals surface area contributed by atoms with Crippen LogP contribution in [0.4, 0.5) is 5.69 Å². The highest BCUT2D eigenvalue weighted by atomic mass is 16.5. The zero-order valence-electron chi connectivity index (χ0n) is 12.4. The molecule has 112 valence electrons. The first-order chi connectivity index (χ1) is 9.83. The number of benzene rings is 1. The maximum absolute atomic E-state index is 5.71. The summed E-state index contributed by atoms with van der Waals surface area (Å²) in [7, 11) is 1.70. The monoisotopic (exact) mass is 278 g/mol. The van der Waals surface area contributed by atoms with Crippen molar-refractivity contribution in [3.63, 3.8) is 0 Å². The number of nitrogens with two attached hydrogens (primary N) is 1. The van der Waals surface area contributed by atoms with Gasteiger partial charge in [0.1, 0.15) is 5.75 Å². The Morgan fingerprint density at radius 1 is 1.40 bits per heavy atom. The van der Waals surface area contributed by atoms with Crippen LogP contribution in [-0.4, -0.2) is 39.5 Å². The number of hydrogen-bond acceptors (Lipinski definition) is 4. The highest BCUT2D eigenvalue weighted by molar-refractivity contribution is 5.50. The van der Waals surface area contributed by atoms with Gasteiger partial charge in [-0.2, -0.15) is 0 Å². The summed E-state index contributed by atoms with van der Waals surface area (Å²) in [6.45, 7) is 3.64. The minimum absolute atomic E-state index is 0.431. The van der Waals surface area contributed by atoms with Crippen LogP contribution in [0.3, 0.4) is 0 Å². The van der Waals surface area contributed by atoms with Gasteiger partial charge < -0.3 is 20.1 Å². The number of methoxy groups -OCH3 is 1. The molecule has 0 bridgehead atoms. The third-order valence-corrected chi connectivity index (χ3v) is 3.80. The fourth-order valence-electron chi connectivity index (χ4n) is 2.63. The molecule has 20 heavy (non-hydrogen) atoms. The van der Waals surface area contributed by atoms with Gasteiger partial charge in [0.2, 0.25) is 0 Å². The fourth-order valence-corrected chi connectivity index (χ4v) is 2.63. The summed E-state index contributed by atoms with van der Waals surface area (Å²) in [6.07, 6.45) is 4.92. The average Bonchev–Trinajstić information content (AvgIpc) is 3.01. The van der Waals surface area contributed by atoms with E-state index in [9.17, 15) is 0 Å². The number of nitrogens with zero attached hydrogens (tertiary/aromatic N) is 1. The normalized spacial score (nSPS) is 18.2. The third kappa shape index (κ3) is 4.39. The van der Waals surface area contributed by atoms with E-state index in [1.807, 2.05) is 12.1 Å². The van der Waals surface area contributed by atoms with Crippen LogP contribution in [0.5, 0.6) is 5.75 Å². The van der Waals surface area contributed by atoms with Crippen molar-refractivity contribution >= 4 is 5.69 Å². The largest absolute Gasteiger partial charge is 0.497 e.